The van der Waals surface area contributed by atoms with E-state index >= 15 is 0 Å². The van der Waals surface area contributed by atoms with E-state index in [1.807, 2.05) is 37.4 Å². The highest BCUT2D eigenvalue weighted by Gasteiger charge is 2.00. The van der Waals surface area contributed by atoms with E-state index in [0.717, 1.165) is 17.2 Å². The Labute approximate surface area is 106 Å². The van der Waals surface area contributed by atoms with Gasteiger partial charge in [-0.3, -0.25) is 4.68 Å². The number of hydrogen-bond acceptors (Lipinski definition) is 4. The zero-order chi connectivity index (χ0) is 12.8. The van der Waals surface area contributed by atoms with E-state index in [2.05, 4.69) is 5.10 Å². The van der Waals surface area contributed by atoms with Crippen molar-refractivity contribution in [1.82, 2.24) is 9.78 Å². The van der Waals surface area contributed by atoms with E-state index < -0.39 is 0 Å². The zero-order valence-electron chi connectivity index (χ0n) is 10.2. The fraction of sp³-hybridized carbons (Fsp3) is 0.308. The number of aromatic nitrogens is 2. The molecule has 1 heterocycles. The van der Waals surface area contributed by atoms with Crippen LogP contribution < -0.4 is 9.47 Å². The van der Waals surface area contributed by atoms with Gasteiger partial charge < -0.3 is 14.6 Å². The molecule has 5 heteroatoms. The Morgan fingerprint density at radius 3 is 2.33 bits per heavy atom. The third-order valence-corrected chi connectivity index (χ3v) is 2.49. The fourth-order valence-electron chi connectivity index (χ4n) is 1.50. The molecule has 2 rings (SSSR count). The molecule has 18 heavy (non-hydrogen) atoms. The molecule has 96 valence electrons. The van der Waals surface area contributed by atoms with Gasteiger partial charge in [0, 0.05) is 13.2 Å². The molecule has 0 aliphatic rings. The molecule has 5 nitrogen and oxygen atoms in total. The Morgan fingerprint density at radius 1 is 1.11 bits per heavy atom. The lowest BCUT2D eigenvalue weighted by atomic mass is 10.3. The lowest BCUT2D eigenvalue weighted by molar-refractivity contribution is 0.201. The fourth-order valence-corrected chi connectivity index (χ4v) is 1.50. The van der Waals surface area contributed by atoms with Crippen LogP contribution in [0.2, 0.25) is 0 Å². The summed E-state index contributed by atoms with van der Waals surface area (Å²) in [5.74, 6) is 1.49. The Morgan fingerprint density at radius 2 is 1.78 bits per heavy atom. The molecule has 0 spiro atoms. The Balaban J connectivity index is 1.88. The molecule has 1 aromatic heterocycles. The van der Waals surface area contributed by atoms with Crippen molar-refractivity contribution in [3.05, 3.63) is 42.2 Å². The van der Waals surface area contributed by atoms with Crippen molar-refractivity contribution < 1.29 is 14.6 Å². The van der Waals surface area contributed by atoms with Crippen molar-refractivity contribution in [1.29, 1.82) is 0 Å². The van der Waals surface area contributed by atoms with E-state index in [1.165, 1.54) is 0 Å². The van der Waals surface area contributed by atoms with Crippen molar-refractivity contribution in [2.45, 2.75) is 6.61 Å². The molecular weight excluding hydrogens is 232 g/mol. The van der Waals surface area contributed by atoms with Gasteiger partial charge in [-0.25, -0.2) is 0 Å². The van der Waals surface area contributed by atoms with Gasteiger partial charge in [0.15, 0.2) is 0 Å². The Kier molecular flexibility index (Phi) is 4.20. The summed E-state index contributed by atoms with van der Waals surface area (Å²) in [5, 5.41) is 12.7. The van der Waals surface area contributed by atoms with Crippen LogP contribution in [-0.4, -0.2) is 28.1 Å². The SMILES string of the molecule is Cn1nccc1COc1ccc(OCCO)cc1. The minimum Gasteiger partial charge on any atom is -0.491 e. The molecule has 0 aliphatic heterocycles. The van der Waals surface area contributed by atoms with Gasteiger partial charge in [-0.2, -0.15) is 5.10 Å². The van der Waals surface area contributed by atoms with Crippen molar-refractivity contribution in [2.24, 2.45) is 7.05 Å². The highest BCUT2D eigenvalue weighted by atomic mass is 16.5. The highest BCUT2D eigenvalue weighted by Crippen LogP contribution is 2.18. The average molecular weight is 248 g/mol. The largest absolute Gasteiger partial charge is 0.491 e. The minimum absolute atomic E-state index is 0.0126. The summed E-state index contributed by atoms with van der Waals surface area (Å²) in [5.41, 5.74) is 1.01. The van der Waals surface area contributed by atoms with Crippen molar-refractivity contribution in [2.75, 3.05) is 13.2 Å². The van der Waals surface area contributed by atoms with Crippen LogP contribution in [0.1, 0.15) is 5.69 Å². The molecule has 0 saturated heterocycles. The number of aliphatic hydroxyl groups excluding tert-OH is 1. The van der Waals surface area contributed by atoms with Crippen LogP contribution in [0, 0.1) is 0 Å². The van der Waals surface area contributed by atoms with E-state index in [1.54, 1.807) is 10.9 Å². The summed E-state index contributed by atoms with van der Waals surface area (Å²) in [6.45, 7) is 0.793. The molecule has 0 aliphatic carbocycles. The monoisotopic (exact) mass is 248 g/mol. The molecule has 0 fully saturated rings. The summed E-state index contributed by atoms with van der Waals surface area (Å²) in [7, 11) is 1.88. The first-order chi connectivity index (χ1) is 8.79. The van der Waals surface area contributed by atoms with Crippen LogP contribution in [0.4, 0.5) is 0 Å². The van der Waals surface area contributed by atoms with Crippen LogP contribution in [0.25, 0.3) is 0 Å². The van der Waals surface area contributed by atoms with Crippen molar-refractivity contribution in [3.8, 4) is 11.5 Å². The topological polar surface area (TPSA) is 56.5 Å². The standard InChI is InChI=1S/C13H16N2O3/c1-15-11(6-7-14-15)10-18-13-4-2-12(3-5-13)17-9-8-16/h2-7,16H,8-10H2,1H3. The predicted octanol–water partition coefficient (Wildman–Crippen LogP) is 1.37. The second-order valence-electron chi connectivity index (χ2n) is 3.78. The Bertz CT molecular complexity index is 479. The summed E-state index contributed by atoms with van der Waals surface area (Å²) in [6, 6.07) is 9.22. The van der Waals surface area contributed by atoms with Crippen molar-refractivity contribution in [3.63, 3.8) is 0 Å². The maximum absolute atomic E-state index is 8.64. The molecule has 1 N–H and O–H groups in total. The second kappa shape index (κ2) is 6.07. The van der Waals surface area contributed by atoms with E-state index in [4.69, 9.17) is 14.6 Å². The van der Waals surface area contributed by atoms with Crippen LogP contribution >= 0.6 is 0 Å². The first-order valence-electron chi connectivity index (χ1n) is 5.73. The highest BCUT2D eigenvalue weighted by molar-refractivity contribution is 5.31. The second-order valence-corrected chi connectivity index (χ2v) is 3.78. The van der Waals surface area contributed by atoms with E-state index in [9.17, 15) is 0 Å². The first kappa shape index (κ1) is 12.4. The zero-order valence-corrected chi connectivity index (χ0v) is 10.2. The van der Waals surface area contributed by atoms with Crippen LogP contribution in [-0.2, 0) is 13.7 Å². The maximum Gasteiger partial charge on any atom is 0.130 e. The van der Waals surface area contributed by atoms with Crippen LogP contribution in [0.15, 0.2) is 36.5 Å². The number of benzene rings is 1. The molecule has 2 aromatic rings. The number of aryl methyl sites for hydroxylation is 1. The van der Waals surface area contributed by atoms with Gasteiger partial charge in [-0.1, -0.05) is 0 Å². The predicted molar refractivity (Wildman–Crippen MR) is 66.6 cm³/mol. The van der Waals surface area contributed by atoms with Gasteiger partial charge in [0.25, 0.3) is 0 Å². The van der Waals surface area contributed by atoms with Crippen molar-refractivity contribution >= 4 is 0 Å². The molecule has 0 bridgehead atoms. The van der Waals surface area contributed by atoms with E-state index in [0.29, 0.717) is 13.2 Å². The lowest BCUT2D eigenvalue weighted by Gasteiger charge is -2.08. The molecule has 0 unspecified atom stereocenters. The lowest BCUT2D eigenvalue weighted by Crippen LogP contribution is -2.03. The number of rotatable bonds is 6. The van der Waals surface area contributed by atoms with Gasteiger partial charge in [-0.15, -0.1) is 0 Å². The average Bonchev–Trinajstić information content (AvgIpc) is 2.81. The molecule has 0 saturated carbocycles. The number of nitrogens with zero attached hydrogens (tertiary/aromatic N) is 2. The van der Waals surface area contributed by atoms with Crippen LogP contribution in [0.5, 0.6) is 11.5 Å². The summed E-state index contributed by atoms with van der Waals surface area (Å²) in [6.07, 6.45) is 1.74. The molecule has 1 aromatic carbocycles. The van der Waals surface area contributed by atoms with Gasteiger partial charge >= 0.3 is 0 Å². The smallest absolute Gasteiger partial charge is 0.130 e. The quantitative estimate of drug-likeness (QED) is 0.839. The normalized spacial score (nSPS) is 10.3. The van der Waals surface area contributed by atoms with Gasteiger partial charge in [0.1, 0.15) is 24.7 Å². The minimum atomic E-state index is 0.0126. The van der Waals surface area contributed by atoms with Crippen LogP contribution in [0.3, 0.4) is 0 Å². The third kappa shape index (κ3) is 3.24. The maximum atomic E-state index is 8.64. The van der Waals surface area contributed by atoms with Gasteiger partial charge in [0.2, 0.25) is 0 Å². The van der Waals surface area contributed by atoms with E-state index in [-0.39, 0.29) is 6.61 Å². The summed E-state index contributed by atoms with van der Waals surface area (Å²) < 4.78 is 12.7. The summed E-state index contributed by atoms with van der Waals surface area (Å²) >= 11 is 0. The summed E-state index contributed by atoms with van der Waals surface area (Å²) in [4.78, 5) is 0. The number of aliphatic hydroxyl groups is 1. The molecule has 0 amide bonds. The molecule has 0 radical (unpaired) electrons. The number of hydrogen-bond donors (Lipinski definition) is 1. The third-order valence-electron chi connectivity index (χ3n) is 2.49. The molecular formula is C13H16N2O3. The van der Waals surface area contributed by atoms with Gasteiger partial charge in [0.05, 0.1) is 12.3 Å². The first-order valence-corrected chi connectivity index (χ1v) is 5.73. The molecule has 0 atom stereocenters. The van der Waals surface area contributed by atoms with Gasteiger partial charge in [-0.05, 0) is 30.3 Å². The number of ether oxygens (including phenoxy) is 2. The Hall–Kier alpha value is -2.01.